The SMILES string of the molecule is COC(=O)c1ccc(C)c(Oc2ccnc(CN3CCN(C)CC3)n2)c1. The molecular formula is C19H24N4O3. The first kappa shape index (κ1) is 18.3. The first-order valence-corrected chi connectivity index (χ1v) is 8.65. The molecule has 0 radical (unpaired) electrons. The Morgan fingerprint density at radius 1 is 1.19 bits per heavy atom. The van der Waals surface area contributed by atoms with E-state index in [1.54, 1.807) is 24.4 Å². The highest BCUT2D eigenvalue weighted by Gasteiger charge is 2.16. The fourth-order valence-electron chi connectivity index (χ4n) is 2.79. The molecule has 0 unspecified atom stereocenters. The number of methoxy groups -OCH3 is 1. The van der Waals surface area contributed by atoms with Gasteiger partial charge in [0.2, 0.25) is 5.88 Å². The van der Waals surface area contributed by atoms with Gasteiger partial charge >= 0.3 is 5.97 Å². The van der Waals surface area contributed by atoms with Crippen molar-refractivity contribution in [3.05, 3.63) is 47.4 Å². The minimum atomic E-state index is -0.395. The molecule has 1 aliphatic rings. The van der Waals surface area contributed by atoms with Crippen LogP contribution in [-0.2, 0) is 11.3 Å². The molecule has 0 spiro atoms. The molecule has 0 amide bonds. The summed E-state index contributed by atoms with van der Waals surface area (Å²) < 4.78 is 10.7. The van der Waals surface area contributed by atoms with Gasteiger partial charge in [-0.15, -0.1) is 0 Å². The molecule has 7 nitrogen and oxygen atoms in total. The van der Waals surface area contributed by atoms with Crippen LogP contribution < -0.4 is 4.74 Å². The van der Waals surface area contributed by atoms with Crippen molar-refractivity contribution in [2.75, 3.05) is 40.3 Å². The van der Waals surface area contributed by atoms with Crippen LogP contribution in [0.5, 0.6) is 11.6 Å². The van der Waals surface area contributed by atoms with E-state index in [-0.39, 0.29) is 0 Å². The quantitative estimate of drug-likeness (QED) is 0.760. The van der Waals surface area contributed by atoms with E-state index in [1.165, 1.54) is 7.11 Å². The molecule has 1 fully saturated rings. The third kappa shape index (κ3) is 4.56. The Hall–Kier alpha value is -2.51. The topological polar surface area (TPSA) is 67.8 Å². The summed E-state index contributed by atoms with van der Waals surface area (Å²) in [5.74, 6) is 1.38. The standard InChI is InChI=1S/C19H24N4O3/c1-14-4-5-15(19(24)25-3)12-16(14)26-18-6-7-20-17(21-18)13-23-10-8-22(2)9-11-23/h4-7,12H,8-11,13H2,1-3H3. The zero-order valence-corrected chi connectivity index (χ0v) is 15.4. The van der Waals surface area contributed by atoms with E-state index in [9.17, 15) is 4.79 Å². The normalized spacial score (nSPS) is 15.7. The van der Waals surface area contributed by atoms with Crippen LogP contribution in [-0.4, -0.2) is 66.1 Å². The van der Waals surface area contributed by atoms with Crippen molar-refractivity contribution in [3.63, 3.8) is 0 Å². The summed E-state index contributed by atoms with van der Waals surface area (Å²) >= 11 is 0. The summed E-state index contributed by atoms with van der Waals surface area (Å²) in [4.78, 5) is 25.2. The summed E-state index contributed by atoms with van der Waals surface area (Å²) in [6, 6.07) is 6.93. The van der Waals surface area contributed by atoms with E-state index in [1.807, 2.05) is 13.0 Å². The van der Waals surface area contributed by atoms with Gasteiger partial charge in [-0.25, -0.2) is 9.78 Å². The van der Waals surface area contributed by atoms with Crippen molar-refractivity contribution in [3.8, 4) is 11.6 Å². The van der Waals surface area contributed by atoms with Crippen LogP contribution in [0, 0.1) is 6.92 Å². The molecule has 1 aromatic carbocycles. The second-order valence-corrected chi connectivity index (χ2v) is 6.46. The number of hydrogen-bond donors (Lipinski definition) is 0. The number of likely N-dealkylation sites (N-methyl/N-ethyl adjacent to an activating group) is 1. The number of benzene rings is 1. The molecule has 1 aromatic heterocycles. The number of ether oxygens (including phenoxy) is 2. The van der Waals surface area contributed by atoms with Gasteiger partial charge in [-0.2, -0.15) is 4.98 Å². The molecule has 0 saturated carbocycles. The number of aromatic nitrogens is 2. The van der Waals surface area contributed by atoms with E-state index in [2.05, 4.69) is 26.8 Å². The van der Waals surface area contributed by atoms with Gasteiger partial charge < -0.3 is 14.4 Å². The number of nitrogens with zero attached hydrogens (tertiary/aromatic N) is 4. The molecular weight excluding hydrogens is 332 g/mol. The highest BCUT2D eigenvalue weighted by molar-refractivity contribution is 5.89. The Morgan fingerprint density at radius 2 is 1.96 bits per heavy atom. The lowest BCUT2D eigenvalue weighted by molar-refractivity contribution is 0.0600. The molecule has 2 aromatic rings. The van der Waals surface area contributed by atoms with Crippen LogP contribution in [0.3, 0.4) is 0 Å². The molecule has 0 aliphatic carbocycles. The smallest absolute Gasteiger partial charge is 0.337 e. The zero-order valence-electron chi connectivity index (χ0n) is 15.4. The second-order valence-electron chi connectivity index (χ2n) is 6.46. The summed E-state index contributed by atoms with van der Waals surface area (Å²) in [5.41, 5.74) is 1.36. The molecule has 3 rings (SSSR count). The molecule has 1 saturated heterocycles. The van der Waals surface area contributed by atoms with Crippen molar-refractivity contribution in [1.82, 2.24) is 19.8 Å². The molecule has 7 heteroatoms. The summed E-state index contributed by atoms with van der Waals surface area (Å²) in [6.07, 6.45) is 1.70. The van der Waals surface area contributed by atoms with Crippen LogP contribution in [0.15, 0.2) is 30.5 Å². The van der Waals surface area contributed by atoms with Crippen LogP contribution in [0.4, 0.5) is 0 Å². The maximum absolute atomic E-state index is 11.7. The lowest BCUT2D eigenvalue weighted by Gasteiger charge is -2.31. The lowest BCUT2D eigenvalue weighted by atomic mass is 10.1. The Labute approximate surface area is 153 Å². The summed E-state index contributed by atoms with van der Waals surface area (Å²) in [6.45, 7) is 6.73. The Bertz CT molecular complexity index is 773. The fourth-order valence-corrected chi connectivity index (χ4v) is 2.79. The molecule has 0 N–H and O–H groups in total. The largest absolute Gasteiger partial charge is 0.465 e. The number of esters is 1. The first-order valence-electron chi connectivity index (χ1n) is 8.65. The molecule has 26 heavy (non-hydrogen) atoms. The van der Waals surface area contributed by atoms with E-state index in [0.29, 0.717) is 23.7 Å². The van der Waals surface area contributed by atoms with E-state index in [4.69, 9.17) is 9.47 Å². The van der Waals surface area contributed by atoms with Gasteiger partial charge in [-0.3, -0.25) is 4.90 Å². The molecule has 0 bridgehead atoms. The monoisotopic (exact) mass is 356 g/mol. The second kappa shape index (κ2) is 8.25. The van der Waals surface area contributed by atoms with Gasteiger partial charge in [-0.05, 0) is 31.7 Å². The van der Waals surface area contributed by atoms with Crippen LogP contribution in [0.25, 0.3) is 0 Å². The molecule has 1 aliphatic heterocycles. The first-order chi connectivity index (χ1) is 12.5. The average Bonchev–Trinajstić information content (AvgIpc) is 2.65. The van der Waals surface area contributed by atoms with Gasteiger partial charge in [0.25, 0.3) is 0 Å². The van der Waals surface area contributed by atoms with Crippen molar-refractivity contribution < 1.29 is 14.3 Å². The zero-order chi connectivity index (χ0) is 18.5. The Balaban J connectivity index is 1.71. The summed E-state index contributed by atoms with van der Waals surface area (Å²) in [7, 11) is 3.49. The minimum Gasteiger partial charge on any atom is -0.465 e. The van der Waals surface area contributed by atoms with E-state index in [0.717, 1.165) is 37.6 Å². The van der Waals surface area contributed by atoms with E-state index < -0.39 is 5.97 Å². The Morgan fingerprint density at radius 3 is 2.69 bits per heavy atom. The molecule has 138 valence electrons. The third-order valence-electron chi connectivity index (χ3n) is 4.46. The van der Waals surface area contributed by atoms with Crippen LogP contribution in [0.1, 0.15) is 21.7 Å². The maximum atomic E-state index is 11.7. The van der Waals surface area contributed by atoms with Gasteiger partial charge in [0.05, 0.1) is 19.2 Å². The number of aryl methyl sites for hydroxylation is 1. The van der Waals surface area contributed by atoms with Crippen LogP contribution >= 0.6 is 0 Å². The van der Waals surface area contributed by atoms with Gasteiger partial charge in [0.1, 0.15) is 11.6 Å². The highest BCUT2D eigenvalue weighted by atomic mass is 16.5. The highest BCUT2D eigenvalue weighted by Crippen LogP contribution is 2.25. The maximum Gasteiger partial charge on any atom is 0.337 e. The summed E-state index contributed by atoms with van der Waals surface area (Å²) in [5, 5.41) is 0. The lowest BCUT2D eigenvalue weighted by Crippen LogP contribution is -2.44. The van der Waals surface area contributed by atoms with Crippen molar-refractivity contribution in [1.29, 1.82) is 0 Å². The average molecular weight is 356 g/mol. The van der Waals surface area contributed by atoms with Gasteiger partial charge in [-0.1, -0.05) is 6.07 Å². The van der Waals surface area contributed by atoms with Gasteiger partial charge in [0.15, 0.2) is 0 Å². The number of hydrogen-bond acceptors (Lipinski definition) is 7. The minimum absolute atomic E-state index is 0.395. The van der Waals surface area contributed by atoms with Crippen molar-refractivity contribution in [2.45, 2.75) is 13.5 Å². The number of rotatable bonds is 5. The number of carbonyl (C=O) groups is 1. The van der Waals surface area contributed by atoms with Crippen molar-refractivity contribution in [2.24, 2.45) is 0 Å². The molecule has 2 heterocycles. The van der Waals surface area contributed by atoms with Crippen molar-refractivity contribution >= 4 is 5.97 Å². The number of piperazine rings is 1. The van der Waals surface area contributed by atoms with E-state index >= 15 is 0 Å². The van der Waals surface area contributed by atoms with Crippen LogP contribution in [0.2, 0.25) is 0 Å². The van der Waals surface area contributed by atoms with Gasteiger partial charge in [0, 0.05) is 38.4 Å². The molecule has 0 atom stereocenters. The predicted octanol–water partition coefficient (Wildman–Crippen LogP) is 2.11. The third-order valence-corrected chi connectivity index (χ3v) is 4.46. The Kier molecular flexibility index (Phi) is 5.80. The fraction of sp³-hybridized carbons (Fsp3) is 0.421. The predicted molar refractivity (Wildman–Crippen MR) is 97.4 cm³/mol. The number of carbonyl (C=O) groups excluding carboxylic acids is 1.